The number of anilines is 3. The third kappa shape index (κ3) is 4.27. The van der Waals surface area contributed by atoms with Gasteiger partial charge < -0.3 is 19.8 Å². The van der Waals surface area contributed by atoms with E-state index in [2.05, 4.69) is 85.5 Å². The Bertz CT molecular complexity index is 1340. The molecule has 4 nitrogen and oxygen atoms in total. The van der Waals surface area contributed by atoms with Gasteiger partial charge in [-0.2, -0.15) is 0 Å². The highest BCUT2D eigenvalue weighted by Gasteiger charge is 2.35. The van der Waals surface area contributed by atoms with Gasteiger partial charge in [0.05, 0.1) is 6.61 Å². The predicted octanol–water partition coefficient (Wildman–Crippen LogP) is 6.93. The second-order valence-corrected chi connectivity index (χ2v) is 9.98. The molecule has 0 fully saturated rings. The summed E-state index contributed by atoms with van der Waals surface area (Å²) in [6.45, 7) is 7.00. The van der Waals surface area contributed by atoms with Crippen molar-refractivity contribution in [2.24, 2.45) is 0 Å². The van der Waals surface area contributed by atoms with Crippen LogP contribution >= 0.6 is 0 Å². The van der Waals surface area contributed by atoms with Gasteiger partial charge in [-0.3, -0.25) is 0 Å². The van der Waals surface area contributed by atoms with E-state index >= 15 is 0 Å². The fourth-order valence-electron chi connectivity index (χ4n) is 5.19. The monoisotopic (exact) mass is 479 g/mol. The molecule has 0 bridgehead atoms. The molecule has 0 radical (unpaired) electrons. The van der Waals surface area contributed by atoms with Crippen molar-refractivity contribution in [2.75, 3.05) is 24.7 Å². The molecular formula is C32H33NO3. The van der Waals surface area contributed by atoms with E-state index in [4.69, 9.17) is 9.84 Å². The summed E-state index contributed by atoms with van der Waals surface area (Å²) < 4.78 is 5.59. The number of benzene rings is 4. The average molecular weight is 480 g/mol. The van der Waals surface area contributed by atoms with E-state index < -0.39 is 0 Å². The highest BCUT2D eigenvalue weighted by Crippen LogP contribution is 2.50. The van der Waals surface area contributed by atoms with Crippen LogP contribution in [0.4, 0.5) is 17.1 Å². The van der Waals surface area contributed by atoms with Gasteiger partial charge in [-0.05, 0) is 76.3 Å². The number of aliphatic hydroxyl groups excluding tert-OH is 2. The molecule has 184 valence electrons. The van der Waals surface area contributed by atoms with Gasteiger partial charge >= 0.3 is 0 Å². The number of hydrogen-bond donors (Lipinski definition) is 2. The fourth-order valence-corrected chi connectivity index (χ4v) is 5.19. The Morgan fingerprint density at radius 3 is 2.03 bits per heavy atom. The molecule has 5 rings (SSSR count). The van der Waals surface area contributed by atoms with Crippen molar-refractivity contribution in [1.29, 1.82) is 0 Å². The van der Waals surface area contributed by atoms with Crippen molar-refractivity contribution >= 4 is 17.1 Å². The minimum Gasteiger partial charge on any atom is -0.491 e. The first kappa shape index (κ1) is 24.1. The van der Waals surface area contributed by atoms with Crippen LogP contribution in [0.25, 0.3) is 11.1 Å². The van der Waals surface area contributed by atoms with E-state index in [1.54, 1.807) is 0 Å². The maximum Gasteiger partial charge on any atom is 0.119 e. The number of hydrogen-bond acceptors (Lipinski definition) is 4. The summed E-state index contributed by atoms with van der Waals surface area (Å²) in [4.78, 5) is 2.25. The fraction of sp³-hybridized carbons (Fsp3) is 0.250. The minimum absolute atomic E-state index is 0.0141. The number of fused-ring (bicyclic) bond motifs is 3. The minimum atomic E-state index is -0.0873. The Morgan fingerprint density at radius 2 is 1.36 bits per heavy atom. The third-order valence-electron chi connectivity index (χ3n) is 7.27. The van der Waals surface area contributed by atoms with Gasteiger partial charge in [0.2, 0.25) is 0 Å². The van der Waals surface area contributed by atoms with E-state index in [1.807, 2.05) is 31.2 Å². The largest absolute Gasteiger partial charge is 0.491 e. The predicted molar refractivity (Wildman–Crippen MR) is 147 cm³/mol. The van der Waals surface area contributed by atoms with E-state index in [1.165, 1.54) is 22.3 Å². The van der Waals surface area contributed by atoms with E-state index in [9.17, 15) is 5.11 Å². The third-order valence-corrected chi connectivity index (χ3v) is 7.27. The Morgan fingerprint density at radius 1 is 0.750 bits per heavy atom. The van der Waals surface area contributed by atoms with Crippen molar-refractivity contribution < 1.29 is 14.9 Å². The molecule has 0 spiro atoms. The van der Waals surface area contributed by atoms with Gasteiger partial charge in [0.15, 0.2) is 0 Å². The van der Waals surface area contributed by atoms with Crippen LogP contribution in [-0.2, 0) is 5.41 Å². The molecule has 36 heavy (non-hydrogen) atoms. The summed E-state index contributed by atoms with van der Waals surface area (Å²) in [7, 11) is 0. The van der Waals surface area contributed by atoms with Crippen molar-refractivity contribution in [2.45, 2.75) is 32.1 Å². The molecule has 0 saturated heterocycles. The quantitative estimate of drug-likeness (QED) is 0.288. The molecule has 4 aromatic carbocycles. The van der Waals surface area contributed by atoms with Crippen LogP contribution in [0.3, 0.4) is 0 Å². The summed E-state index contributed by atoms with van der Waals surface area (Å²) in [5.41, 5.74) is 9.44. The number of nitrogens with zero attached hydrogens (tertiary/aromatic N) is 1. The molecule has 0 heterocycles. The van der Waals surface area contributed by atoms with Gasteiger partial charge in [-0.1, -0.05) is 63.2 Å². The lowest BCUT2D eigenvalue weighted by molar-refractivity contribution is 0.201. The van der Waals surface area contributed by atoms with E-state index in [0.29, 0.717) is 0 Å². The molecule has 1 aliphatic rings. The van der Waals surface area contributed by atoms with Gasteiger partial charge in [0, 0.05) is 35.0 Å². The SMILES string of the molecule is CC(CO)c1ccc(N(c2ccc(OCCO)cc2)c2ccc3c(c2)C(C)(C)c2ccccc2-3)cc1. The molecule has 4 heteroatoms. The lowest BCUT2D eigenvalue weighted by atomic mass is 9.82. The van der Waals surface area contributed by atoms with Crippen LogP contribution in [0.5, 0.6) is 5.75 Å². The van der Waals surface area contributed by atoms with Gasteiger partial charge in [-0.15, -0.1) is 0 Å². The summed E-state index contributed by atoms with van der Waals surface area (Å²) in [6, 6.07) is 31.8. The molecule has 1 aliphatic carbocycles. The topological polar surface area (TPSA) is 52.9 Å². The first-order chi connectivity index (χ1) is 17.4. The molecular weight excluding hydrogens is 446 g/mol. The number of ether oxygens (including phenoxy) is 1. The standard InChI is InChI=1S/C32H33NO3/c1-22(21-35)23-8-10-24(11-9-23)33(25-12-15-27(16-13-25)36-19-18-34)26-14-17-29-28-6-4-5-7-30(28)32(2,3)31(29)20-26/h4-17,20,22,34-35H,18-19,21H2,1-3H3. The maximum atomic E-state index is 9.59. The van der Waals surface area contributed by atoms with E-state index in [0.717, 1.165) is 28.4 Å². The lowest BCUT2D eigenvalue weighted by Crippen LogP contribution is -2.16. The molecule has 2 N–H and O–H groups in total. The van der Waals surface area contributed by atoms with Gasteiger partial charge in [-0.25, -0.2) is 0 Å². The smallest absolute Gasteiger partial charge is 0.119 e. The normalized spacial score (nSPS) is 14.1. The summed E-state index contributed by atoms with van der Waals surface area (Å²) >= 11 is 0. The van der Waals surface area contributed by atoms with Crippen molar-refractivity contribution in [1.82, 2.24) is 0 Å². The Labute approximate surface area is 213 Å². The maximum absolute atomic E-state index is 9.59. The zero-order valence-electron chi connectivity index (χ0n) is 21.1. The zero-order chi connectivity index (χ0) is 25.3. The van der Waals surface area contributed by atoms with Crippen molar-refractivity contribution in [3.05, 3.63) is 108 Å². The van der Waals surface area contributed by atoms with Gasteiger partial charge in [0.1, 0.15) is 12.4 Å². The van der Waals surface area contributed by atoms with Crippen LogP contribution in [0, 0.1) is 0 Å². The highest BCUT2D eigenvalue weighted by atomic mass is 16.5. The Balaban J connectivity index is 1.60. The lowest BCUT2D eigenvalue weighted by Gasteiger charge is -2.28. The number of rotatable bonds is 8. The van der Waals surface area contributed by atoms with Crippen LogP contribution in [0.15, 0.2) is 91.0 Å². The molecule has 1 unspecified atom stereocenters. The van der Waals surface area contributed by atoms with Crippen molar-refractivity contribution in [3.63, 3.8) is 0 Å². The molecule has 0 amide bonds. The average Bonchev–Trinajstić information content (AvgIpc) is 3.15. The summed E-state index contributed by atoms with van der Waals surface area (Å²) in [5, 5.41) is 18.7. The first-order valence-corrected chi connectivity index (χ1v) is 12.5. The summed E-state index contributed by atoms with van der Waals surface area (Å²) in [5.74, 6) is 0.820. The molecule has 1 atom stereocenters. The number of aliphatic hydroxyl groups is 2. The molecule has 0 aromatic heterocycles. The molecule has 4 aromatic rings. The van der Waals surface area contributed by atoms with Crippen LogP contribution in [0.1, 0.15) is 43.4 Å². The van der Waals surface area contributed by atoms with E-state index in [-0.39, 0.29) is 31.2 Å². The second kappa shape index (κ2) is 9.81. The molecule has 0 saturated carbocycles. The second-order valence-electron chi connectivity index (χ2n) is 9.98. The first-order valence-electron chi connectivity index (χ1n) is 12.5. The molecule has 0 aliphatic heterocycles. The van der Waals surface area contributed by atoms with Gasteiger partial charge in [0.25, 0.3) is 0 Å². The zero-order valence-corrected chi connectivity index (χ0v) is 21.1. The van der Waals surface area contributed by atoms with Crippen LogP contribution in [0.2, 0.25) is 0 Å². The van der Waals surface area contributed by atoms with Crippen LogP contribution in [-0.4, -0.2) is 30.0 Å². The van der Waals surface area contributed by atoms with Crippen LogP contribution < -0.4 is 9.64 Å². The Hall–Kier alpha value is -3.60. The summed E-state index contributed by atoms with van der Waals surface area (Å²) in [6.07, 6.45) is 0. The Kier molecular flexibility index (Phi) is 6.57. The van der Waals surface area contributed by atoms with Crippen molar-refractivity contribution in [3.8, 4) is 16.9 Å². The highest BCUT2D eigenvalue weighted by molar-refractivity contribution is 5.85.